The van der Waals surface area contributed by atoms with Crippen LogP contribution in [0.15, 0.2) is 18.2 Å². The first-order valence-electron chi connectivity index (χ1n) is 6.19. The smallest absolute Gasteiger partial charge is 0.360 e. The highest BCUT2D eigenvalue weighted by molar-refractivity contribution is 6.36. The van der Waals surface area contributed by atoms with E-state index in [-0.39, 0.29) is 16.6 Å². The number of halogens is 3. The Bertz CT molecular complexity index is 696. The molecule has 0 amide bonds. The normalized spacial score (nSPS) is 11.0. The summed E-state index contributed by atoms with van der Waals surface area (Å²) in [7, 11) is 1.28. The predicted octanol–water partition coefficient (Wildman–Crippen LogP) is 4.74. The molecule has 0 bridgehead atoms. The summed E-state index contributed by atoms with van der Waals surface area (Å²) in [6.07, 6.45) is 0. The minimum atomic E-state index is -0.592. The van der Waals surface area contributed by atoms with Crippen LogP contribution in [-0.4, -0.2) is 22.9 Å². The second-order valence-electron chi connectivity index (χ2n) is 4.70. The molecule has 0 radical (unpaired) electrons. The number of methoxy groups -OCH3 is 1. The quantitative estimate of drug-likeness (QED) is 0.753. The Hall–Kier alpha value is -1.23. The number of carbonyl (C=O) groups is 1. The highest BCUT2D eigenvalue weighted by Crippen LogP contribution is 2.33. The summed E-state index contributed by atoms with van der Waals surface area (Å²) in [6.45, 7) is 3.90. The first-order chi connectivity index (χ1) is 9.86. The van der Waals surface area contributed by atoms with Crippen molar-refractivity contribution in [1.29, 1.82) is 0 Å². The van der Waals surface area contributed by atoms with E-state index in [9.17, 15) is 4.79 Å². The molecule has 1 heterocycles. The number of carbonyl (C=O) groups excluding carboxylic acids is 1. The van der Waals surface area contributed by atoms with Gasteiger partial charge in [-0.25, -0.2) is 9.48 Å². The monoisotopic (exact) mass is 346 g/mol. The van der Waals surface area contributed by atoms with Crippen LogP contribution in [-0.2, 0) is 4.74 Å². The summed E-state index contributed by atoms with van der Waals surface area (Å²) in [5.41, 5.74) is 1.34. The molecule has 7 heteroatoms. The van der Waals surface area contributed by atoms with Crippen LogP contribution in [0.4, 0.5) is 0 Å². The number of esters is 1. The predicted molar refractivity (Wildman–Crippen MR) is 84.0 cm³/mol. The molecular formula is C14H13Cl3N2O2. The molecular weight excluding hydrogens is 335 g/mol. The number of aromatic nitrogens is 2. The third-order valence-corrected chi connectivity index (χ3v) is 3.83. The van der Waals surface area contributed by atoms with Gasteiger partial charge in [0.2, 0.25) is 0 Å². The van der Waals surface area contributed by atoms with Crippen molar-refractivity contribution >= 4 is 40.8 Å². The largest absolute Gasteiger partial charge is 0.464 e. The Morgan fingerprint density at radius 1 is 1.29 bits per heavy atom. The summed E-state index contributed by atoms with van der Waals surface area (Å²) in [5, 5.41) is 5.44. The minimum absolute atomic E-state index is 0.0372. The van der Waals surface area contributed by atoms with Crippen molar-refractivity contribution in [1.82, 2.24) is 9.78 Å². The second-order valence-corrected chi connectivity index (χ2v) is 5.92. The van der Waals surface area contributed by atoms with Crippen molar-refractivity contribution in [2.24, 2.45) is 0 Å². The average molecular weight is 348 g/mol. The molecule has 1 aromatic carbocycles. The first kappa shape index (κ1) is 16.1. The maximum absolute atomic E-state index is 11.8. The van der Waals surface area contributed by atoms with Gasteiger partial charge in [0.1, 0.15) is 0 Å². The van der Waals surface area contributed by atoms with E-state index in [1.54, 1.807) is 22.9 Å². The van der Waals surface area contributed by atoms with Gasteiger partial charge in [-0.3, -0.25) is 0 Å². The zero-order valence-electron chi connectivity index (χ0n) is 11.7. The van der Waals surface area contributed by atoms with E-state index in [0.29, 0.717) is 21.4 Å². The van der Waals surface area contributed by atoms with E-state index in [4.69, 9.17) is 39.5 Å². The van der Waals surface area contributed by atoms with Gasteiger partial charge in [-0.2, -0.15) is 5.10 Å². The molecule has 2 aromatic rings. The van der Waals surface area contributed by atoms with Crippen molar-refractivity contribution in [3.63, 3.8) is 0 Å². The zero-order valence-corrected chi connectivity index (χ0v) is 13.9. The third kappa shape index (κ3) is 3.03. The molecule has 0 aliphatic rings. The van der Waals surface area contributed by atoms with Crippen molar-refractivity contribution in [3.05, 3.63) is 44.7 Å². The SMILES string of the molecule is COC(=O)c1nn(-c2ccc(Cl)cc2Cl)c(C(C)C)c1Cl. The Balaban J connectivity index is 2.70. The standard InChI is InChI=1S/C14H13Cl3N2O2/c1-7(2)13-11(17)12(14(20)21-3)18-19(13)10-5-4-8(15)6-9(10)16/h4-7H,1-3H3. The zero-order chi connectivity index (χ0) is 15.7. The number of ether oxygens (including phenoxy) is 1. The molecule has 1 aromatic heterocycles. The van der Waals surface area contributed by atoms with Crippen molar-refractivity contribution in [2.75, 3.05) is 7.11 Å². The van der Waals surface area contributed by atoms with Gasteiger partial charge in [-0.15, -0.1) is 0 Å². The number of benzene rings is 1. The van der Waals surface area contributed by atoms with Crippen LogP contribution in [0.5, 0.6) is 0 Å². The Kier molecular flexibility index (Phi) is 4.81. The van der Waals surface area contributed by atoms with Gasteiger partial charge < -0.3 is 4.74 Å². The van der Waals surface area contributed by atoms with E-state index >= 15 is 0 Å². The molecule has 2 rings (SSSR count). The first-order valence-corrected chi connectivity index (χ1v) is 7.32. The molecule has 0 atom stereocenters. The van der Waals surface area contributed by atoms with E-state index in [1.165, 1.54) is 7.11 Å². The van der Waals surface area contributed by atoms with E-state index in [1.807, 2.05) is 13.8 Å². The lowest BCUT2D eigenvalue weighted by Crippen LogP contribution is -2.06. The van der Waals surface area contributed by atoms with Gasteiger partial charge in [0, 0.05) is 5.02 Å². The molecule has 0 spiro atoms. The average Bonchev–Trinajstić information content (AvgIpc) is 2.75. The molecule has 21 heavy (non-hydrogen) atoms. The minimum Gasteiger partial charge on any atom is -0.464 e. The fourth-order valence-electron chi connectivity index (χ4n) is 1.97. The molecule has 0 N–H and O–H groups in total. The van der Waals surface area contributed by atoms with Gasteiger partial charge >= 0.3 is 5.97 Å². The highest BCUT2D eigenvalue weighted by atomic mass is 35.5. The van der Waals surface area contributed by atoms with Gasteiger partial charge in [0.05, 0.1) is 28.5 Å². The van der Waals surface area contributed by atoms with Crippen LogP contribution in [0, 0.1) is 0 Å². The summed E-state index contributed by atoms with van der Waals surface area (Å²) < 4.78 is 6.25. The fourth-order valence-corrected chi connectivity index (χ4v) is 2.88. The molecule has 0 aliphatic carbocycles. The van der Waals surface area contributed by atoms with Crippen molar-refractivity contribution in [3.8, 4) is 5.69 Å². The van der Waals surface area contributed by atoms with Gasteiger partial charge in [-0.05, 0) is 24.1 Å². The molecule has 0 saturated carbocycles. The Morgan fingerprint density at radius 2 is 1.95 bits per heavy atom. The molecule has 0 unspecified atom stereocenters. The van der Waals surface area contributed by atoms with Crippen molar-refractivity contribution < 1.29 is 9.53 Å². The lowest BCUT2D eigenvalue weighted by atomic mass is 10.1. The molecule has 112 valence electrons. The van der Waals surface area contributed by atoms with Crippen molar-refractivity contribution in [2.45, 2.75) is 19.8 Å². The summed E-state index contributed by atoms with van der Waals surface area (Å²) in [4.78, 5) is 11.8. The molecule has 0 fully saturated rings. The Morgan fingerprint density at radius 3 is 2.48 bits per heavy atom. The molecule has 4 nitrogen and oxygen atoms in total. The van der Waals surface area contributed by atoms with Gasteiger partial charge in [0.25, 0.3) is 0 Å². The summed E-state index contributed by atoms with van der Waals surface area (Å²) in [5.74, 6) is -0.555. The molecule has 0 saturated heterocycles. The Labute approximate surface area is 137 Å². The van der Waals surface area contributed by atoms with Gasteiger partial charge in [0.15, 0.2) is 5.69 Å². The lowest BCUT2D eigenvalue weighted by Gasteiger charge is -2.12. The van der Waals surface area contributed by atoms with Crippen LogP contribution in [0.1, 0.15) is 35.9 Å². The van der Waals surface area contributed by atoms with Crippen LogP contribution in [0.3, 0.4) is 0 Å². The van der Waals surface area contributed by atoms with Gasteiger partial charge in [-0.1, -0.05) is 48.7 Å². The number of hydrogen-bond acceptors (Lipinski definition) is 3. The maximum Gasteiger partial charge on any atom is 0.360 e. The van der Waals surface area contributed by atoms with Crippen LogP contribution >= 0.6 is 34.8 Å². The highest BCUT2D eigenvalue weighted by Gasteiger charge is 2.25. The summed E-state index contributed by atoms with van der Waals surface area (Å²) in [6, 6.07) is 5.02. The van der Waals surface area contributed by atoms with E-state index in [0.717, 1.165) is 0 Å². The summed E-state index contributed by atoms with van der Waals surface area (Å²) >= 11 is 18.4. The van der Waals surface area contributed by atoms with Crippen LogP contribution in [0.2, 0.25) is 15.1 Å². The fraction of sp³-hybridized carbons (Fsp3) is 0.286. The van der Waals surface area contributed by atoms with Crippen LogP contribution in [0.25, 0.3) is 5.69 Å². The van der Waals surface area contributed by atoms with E-state index in [2.05, 4.69) is 5.10 Å². The number of nitrogens with zero attached hydrogens (tertiary/aromatic N) is 2. The molecule has 0 aliphatic heterocycles. The number of hydrogen-bond donors (Lipinski definition) is 0. The third-order valence-electron chi connectivity index (χ3n) is 2.92. The van der Waals surface area contributed by atoms with E-state index < -0.39 is 5.97 Å². The van der Waals surface area contributed by atoms with Crippen LogP contribution < -0.4 is 0 Å². The second kappa shape index (κ2) is 6.26. The topological polar surface area (TPSA) is 44.1 Å². The lowest BCUT2D eigenvalue weighted by molar-refractivity contribution is 0.0593. The number of rotatable bonds is 3. The maximum atomic E-state index is 11.8.